The average molecular weight is 842 g/mol. The minimum absolute atomic E-state index is 0. The number of hydrogen-bond acceptors (Lipinski definition) is 11. The highest BCUT2D eigenvalue weighted by atomic mass is 35.5. The van der Waals surface area contributed by atoms with Crippen LogP contribution in [0, 0.1) is 0 Å². The Hall–Kier alpha value is -1.59. The van der Waals surface area contributed by atoms with Crippen LogP contribution in [-0.4, -0.2) is 150 Å². The molecule has 308 valence electrons. The second-order valence-electron chi connectivity index (χ2n) is 12.8. The lowest BCUT2D eigenvalue weighted by atomic mass is 10.0. The van der Waals surface area contributed by atoms with Crippen LogP contribution in [0.5, 0.6) is 0 Å². The molecule has 1 atom stereocenters. The molecule has 16 heteroatoms. The molecular weight excluding hydrogens is 783 g/mol. The fourth-order valence-corrected chi connectivity index (χ4v) is 7.44. The minimum Gasteiger partial charge on any atom is -0.382 e. The highest BCUT2D eigenvalue weighted by molar-refractivity contribution is 7.90. The summed E-state index contributed by atoms with van der Waals surface area (Å²) in [6.07, 6.45) is 2.82. The van der Waals surface area contributed by atoms with Crippen LogP contribution in [0.1, 0.15) is 42.0 Å². The third kappa shape index (κ3) is 20.5. The molecule has 1 aliphatic rings. The first-order chi connectivity index (χ1) is 25.7. The van der Waals surface area contributed by atoms with Crippen LogP contribution in [0.15, 0.2) is 42.5 Å². The van der Waals surface area contributed by atoms with Crippen LogP contribution in [0.4, 0.5) is 0 Å². The fourth-order valence-electron chi connectivity index (χ4n) is 5.73. The van der Waals surface area contributed by atoms with Crippen molar-refractivity contribution in [2.75, 3.05) is 125 Å². The molecule has 1 amide bonds. The van der Waals surface area contributed by atoms with Gasteiger partial charge in [-0.1, -0.05) is 53.5 Å². The maximum Gasteiger partial charge on any atom is 0.227 e. The van der Waals surface area contributed by atoms with Crippen LogP contribution in [0.2, 0.25) is 10.0 Å². The van der Waals surface area contributed by atoms with Crippen LogP contribution in [0.25, 0.3) is 0 Å². The van der Waals surface area contributed by atoms with Crippen LogP contribution in [0.3, 0.4) is 0 Å². The van der Waals surface area contributed by atoms with Crippen molar-refractivity contribution in [1.82, 2.24) is 9.80 Å². The number of sulfone groups is 1. The largest absolute Gasteiger partial charge is 0.382 e. The van der Waals surface area contributed by atoms with Gasteiger partial charge in [0.25, 0.3) is 0 Å². The number of benzene rings is 2. The Morgan fingerprint density at radius 1 is 0.741 bits per heavy atom. The summed E-state index contributed by atoms with van der Waals surface area (Å²) in [5.74, 6) is -0.117. The molecule has 2 aromatic rings. The zero-order chi connectivity index (χ0) is 38.2. The van der Waals surface area contributed by atoms with E-state index in [9.17, 15) is 13.2 Å². The molecular formula is C38H59Cl3N2O10S. The summed E-state index contributed by atoms with van der Waals surface area (Å²) in [4.78, 5) is 17.6. The average Bonchev–Trinajstić information content (AvgIpc) is 3.66. The van der Waals surface area contributed by atoms with E-state index in [1.165, 1.54) is 0 Å². The van der Waals surface area contributed by atoms with Gasteiger partial charge < -0.3 is 43.0 Å². The second kappa shape index (κ2) is 28.7. The summed E-state index contributed by atoms with van der Waals surface area (Å²) in [6, 6.07) is 12.6. The van der Waals surface area contributed by atoms with Gasteiger partial charge in [0.2, 0.25) is 5.91 Å². The van der Waals surface area contributed by atoms with Gasteiger partial charge in [-0.15, -0.1) is 12.4 Å². The van der Waals surface area contributed by atoms with E-state index in [1.54, 1.807) is 30.2 Å². The SMILES string of the molecule is COCCOCCOCCOCCOCCOCCOCCCS(=O)(=O)Cc1cccc([C@@H](CN2CCCC2)N(C)C(=O)Cc2ccc(Cl)c(Cl)c2)c1.Cl. The van der Waals surface area contributed by atoms with Gasteiger partial charge in [-0.3, -0.25) is 4.79 Å². The summed E-state index contributed by atoms with van der Waals surface area (Å²) in [5.41, 5.74) is 2.39. The Morgan fingerprint density at radius 2 is 1.28 bits per heavy atom. The lowest BCUT2D eigenvalue weighted by molar-refractivity contribution is -0.131. The quantitative estimate of drug-likeness (QED) is 0.0953. The van der Waals surface area contributed by atoms with Crippen molar-refractivity contribution in [2.24, 2.45) is 0 Å². The van der Waals surface area contributed by atoms with Crippen molar-refractivity contribution in [3.05, 3.63) is 69.2 Å². The molecule has 0 aliphatic carbocycles. The number of likely N-dealkylation sites (N-methyl/N-ethyl adjacent to an activating group) is 1. The standard InChI is InChI=1S/C38H58Cl2N2O10S.ClH/c1-41(38(43)29-32-9-10-35(39)36(40)28-32)37(30-42-11-3-4-12-42)34-8-5-7-33(27-34)31-53(44,45)26-6-13-47-16-17-49-20-21-51-24-25-52-23-22-50-19-18-48-15-14-46-2;/h5,7-10,27-28,37H,3-4,6,11-26,29-31H2,1-2H3;1H/t37-;/m1./s1. The second-order valence-corrected chi connectivity index (χ2v) is 15.8. The number of carbonyl (C=O) groups is 1. The first-order valence-electron chi connectivity index (χ1n) is 18.3. The number of carbonyl (C=O) groups excluding carboxylic acids is 1. The molecule has 0 aromatic heterocycles. The molecule has 0 bridgehead atoms. The molecule has 0 spiro atoms. The maximum atomic E-state index is 13.5. The van der Waals surface area contributed by atoms with E-state index in [-0.39, 0.29) is 42.3 Å². The Morgan fingerprint density at radius 3 is 1.81 bits per heavy atom. The van der Waals surface area contributed by atoms with Gasteiger partial charge in [0.15, 0.2) is 9.84 Å². The van der Waals surface area contributed by atoms with Crippen molar-refractivity contribution in [3.63, 3.8) is 0 Å². The van der Waals surface area contributed by atoms with Crippen molar-refractivity contribution < 1.29 is 46.4 Å². The molecule has 54 heavy (non-hydrogen) atoms. The van der Waals surface area contributed by atoms with Crippen molar-refractivity contribution in [1.29, 1.82) is 0 Å². The number of methoxy groups -OCH3 is 1. The summed E-state index contributed by atoms with van der Waals surface area (Å²) < 4.78 is 63.8. The smallest absolute Gasteiger partial charge is 0.227 e. The first-order valence-corrected chi connectivity index (χ1v) is 20.9. The molecule has 0 radical (unpaired) electrons. The Kier molecular flexibility index (Phi) is 25.9. The van der Waals surface area contributed by atoms with Crippen molar-refractivity contribution in [2.45, 2.75) is 37.5 Å². The predicted octanol–water partition coefficient (Wildman–Crippen LogP) is 5.30. The lowest BCUT2D eigenvalue weighted by Gasteiger charge is -2.32. The third-order valence-corrected chi connectivity index (χ3v) is 11.0. The van der Waals surface area contributed by atoms with Gasteiger partial charge in [0.1, 0.15) is 0 Å². The van der Waals surface area contributed by atoms with E-state index in [0.717, 1.165) is 37.1 Å². The van der Waals surface area contributed by atoms with Gasteiger partial charge in [-0.25, -0.2) is 8.42 Å². The summed E-state index contributed by atoms with van der Waals surface area (Å²) in [6.45, 7) is 8.73. The lowest BCUT2D eigenvalue weighted by Crippen LogP contribution is -2.39. The van der Waals surface area contributed by atoms with E-state index >= 15 is 0 Å². The molecule has 3 rings (SSSR count). The summed E-state index contributed by atoms with van der Waals surface area (Å²) in [5, 5.41) is 0.854. The predicted molar refractivity (Wildman–Crippen MR) is 214 cm³/mol. The number of nitrogens with zero attached hydrogens (tertiary/aromatic N) is 2. The highest BCUT2D eigenvalue weighted by Gasteiger charge is 2.26. The zero-order valence-corrected chi connectivity index (χ0v) is 34.9. The zero-order valence-electron chi connectivity index (χ0n) is 31.7. The van der Waals surface area contributed by atoms with Crippen molar-refractivity contribution >= 4 is 51.4 Å². The molecule has 12 nitrogen and oxygen atoms in total. The molecule has 0 unspecified atom stereocenters. The Labute approximate surface area is 338 Å². The minimum atomic E-state index is -3.38. The van der Waals surface area contributed by atoms with Gasteiger partial charge in [-0.05, 0) is 61.2 Å². The molecule has 2 aromatic carbocycles. The van der Waals surface area contributed by atoms with E-state index in [1.807, 2.05) is 31.3 Å². The molecule has 1 aliphatic heterocycles. The monoisotopic (exact) mass is 840 g/mol. The van der Waals surface area contributed by atoms with Crippen LogP contribution in [-0.2, 0) is 60.0 Å². The Balaban J connectivity index is 0.0000101. The number of rotatable bonds is 30. The topological polar surface area (TPSA) is 122 Å². The number of ether oxygens (including phenoxy) is 7. The maximum absolute atomic E-state index is 13.5. The Bertz CT molecular complexity index is 1420. The third-order valence-electron chi connectivity index (χ3n) is 8.59. The van der Waals surface area contributed by atoms with Crippen LogP contribution >= 0.6 is 35.6 Å². The number of amides is 1. The van der Waals surface area contributed by atoms with E-state index in [0.29, 0.717) is 114 Å². The summed E-state index contributed by atoms with van der Waals surface area (Å²) >= 11 is 12.3. The van der Waals surface area contributed by atoms with Crippen LogP contribution < -0.4 is 0 Å². The highest BCUT2D eigenvalue weighted by Crippen LogP contribution is 2.27. The van der Waals surface area contributed by atoms with Gasteiger partial charge >= 0.3 is 0 Å². The van der Waals surface area contributed by atoms with Gasteiger partial charge in [-0.2, -0.15) is 0 Å². The number of likely N-dealkylation sites (tertiary alicyclic amines) is 1. The van der Waals surface area contributed by atoms with Gasteiger partial charge in [0.05, 0.1) is 113 Å². The van der Waals surface area contributed by atoms with E-state index in [2.05, 4.69) is 4.90 Å². The molecule has 0 N–H and O–H groups in total. The molecule has 1 saturated heterocycles. The van der Waals surface area contributed by atoms with E-state index < -0.39 is 9.84 Å². The van der Waals surface area contributed by atoms with Crippen molar-refractivity contribution in [3.8, 4) is 0 Å². The number of halogens is 3. The van der Waals surface area contributed by atoms with Gasteiger partial charge in [0, 0.05) is 27.3 Å². The molecule has 1 heterocycles. The first kappa shape index (κ1) is 48.6. The number of hydrogen-bond donors (Lipinski definition) is 0. The molecule has 0 saturated carbocycles. The fraction of sp³-hybridized carbons (Fsp3) is 0.658. The molecule has 1 fully saturated rings. The summed E-state index contributed by atoms with van der Waals surface area (Å²) in [7, 11) is 0.0683. The van der Waals surface area contributed by atoms with E-state index in [4.69, 9.17) is 56.4 Å². The normalized spacial score (nSPS) is 13.9.